The van der Waals surface area contributed by atoms with E-state index < -0.39 is 11.9 Å². The second-order valence-corrected chi connectivity index (χ2v) is 4.18. The lowest BCUT2D eigenvalue weighted by Crippen LogP contribution is -2.11. The maximum Gasteiger partial charge on any atom is 0.248 e. The average molecular weight is 281 g/mol. The number of nitrogens with zero attached hydrogens (tertiary/aromatic N) is 1. The van der Waals surface area contributed by atoms with Gasteiger partial charge in [-0.25, -0.2) is 4.98 Å². The van der Waals surface area contributed by atoms with E-state index >= 15 is 0 Å². The smallest absolute Gasteiger partial charge is 0.248 e. The second kappa shape index (κ2) is 5.67. The number of hydrogen-bond acceptors (Lipinski definition) is 3. The van der Waals surface area contributed by atoms with E-state index in [-0.39, 0.29) is 6.61 Å². The highest BCUT2D eigenvalue weighted by Crippen LogP contribution is 2.20. The highest BCUT2D eigenvalue weighted by molar-refractivity contribution is 6.31. The molecule has 4 nitrogen and oxygen atoms in total. The third-order valence-corrected chi connectivity index (χ3v) is 2.78. The molecule has 0 fully saturated rings. The molecule has 0 saturated heterocycles. The van der Waals surface area contributed by atoms with E-state index in [1.807, 2.05) is 0 Å². The van der Waals surface area contributed by atoms with Crippen molar-refractivity contribution < 1.29 is 13.9 Å². The number of carbonyl (C=O) groups is 1. The van der Waals surface area contributed by atoms with Crippen molar-refractivity contribution in [1.82, 2.24) is 4.98 Å². The fourth-order valence-electron chi connectivity index (χ4n) is 1.43. The van der Waals surface area contributed by atoms with Gasteiger partial charge >= 0.3 is 0 Å². The van der Waals surface area contributed by atoms with Crippen LogP contribution in [0, 0.1) is 5.95 Å². The molecule has 0 saturated carbocycles. The number of carbonyl (C=O) groups excluding carboxylic acids is 1. The SMILES string of the molecule is NC(=O)c1ccc(COc2ccc(F)nc2)c(Cl)c1. The molecule has 2 N–H and O–H groups in total. The second-order valence-electron chi connectivity index (χ2n) is 3.78. The lowest BCUT2D eigenvalue weighted by atomic mass is 10.1. The zero-order valence-corrected chi connectivity index (χ0v) is 10.5. The summed E-state index contributed by atoms with van der Waals surface area (Å²) in [6.07, 6.45) is 1.28. The van der Waals surface area contributed by atoms with Crippen LogP contribution in [-0.2, 0) is 6.61 Å². The number of nitrogens with two attached hydrogens (primary N) is 1. The van der Waals surface area contributed by atoms with Crippen molar-refractivity contribution in [2.45, 2.75) is 6.61 Å². The van der Waals surface area contributed by atoms with Crippen molar-refractivity contribution in [1.29, 1.82) is 0 Å². The summed E-state index contributed by atoms with van der Waals surface area (Å²) >= 11 is 6.00. The predicted octanol–water partition coefficient (Wildman–Crippen LogP) is 2.55. The van der Waals surface area contributed by atoms with Gasteiger partial charge in [-0.1, -0.05) is 17.7 Å². The minimum Gasteiger partial charge on any atom is -0.487 e. The van der Waals surface area contributed by atoms with Crippen LogP contribution in [0.1, 0.15) is 15.9 Å². The molecule has 19 heavy (non-hydrogen) atoms. The molecule has 1 amide bonds. The van der Waals surface area contributed by atoms with E-state index in [9.17, 15) is 9.18 Å². The Morgan fingerprint density at radius 3 is 2.74 bits per heavy atom. The van der Waals surface area contributed by atoms with Gasteiger partial charge in [0.1, 0.15) is 12.4 Å². The van der Waals surface area contributed by atoms with Crippen molar-refractivity contribution in [3.05, 3.63) is 58.6 Å². The molecule has 0 unspecified atom stereocenters. The van der Waals surface area contributed by atoms with E-state index in [1.165, 1.54) is 24.4 Å². The molecule has 1 heterocycles. The van der Waals surface area contributed by atoms with Crippen molar-refractivity contribution in [3.8, 4) is 5.75 Å². The van der Waals surface area contributed by atoms with Gasteiger partial charge in [-0.05, 0) is 24.3 Å². The van der Waals surface area contributed by atoms with Crippen LogP contribution in [0.2, 0.25) is 5.02 Å². The van der Waals surface area contributed by atoms with Gasteiger partial charge in [-0.15, -0.1) is 0 Å². The number of halogens is 2. The predicted molar refractivity (Wildman–Crippen MR) is 68.5 cm³/mol. The van der Waals surface area contributed by atoms with Crippen LogP contribution in [0.4, 0.5) is 4.39 Å². The normalized spacial score (nSPS) is 10.2. The number of aromatic nitrogens is 1. The molecular weight excluding hydrogens is 271 g/mol. The summed E-state index contributed by atoms with van der Waals surface area (Å²) in [5, 5.41) is 0.381. The highest BCUT2D eigenvalue weighted by Gasteiger charge is 2.06. The molecule has 0 aliphatic rings. The van der Waals surface area contributed by atoms with Crippen LogP contribution < -0.4 is 10.5 Å². The molecule has 0 aliphatic carbocycles. The summed E-state index contributed by atoms with van der Waals surface area (Å²) in [5.74, 6) is -0.690. The Morgan fingerprint density at radius 2 is 2.16 bits per heavy atom. The molecule has 0 spiro atoms. The number of hydrogen-bond donors (Lipinski definition) is 1. The van der Waals surface area contributed by atoms with Crippen LogP contribution >= 0.6 is 11.6 Å². The first-order valence-corrected chi connectivity index (χ1v) is 5.76. The molecule has 2 aromatic rings. The fourth-order valence-corrected chi connectivity index (χ4v) is 1.66. The Labute approximate surface area is 114 Å². The summed E-state index contributed by atoms with van der Waals surface area (Å²) in [6.45, 7) is 0.186. The Kier molecular flexibility index (Phi) is 3.97. The van der Waals surface area contributed by atoms with Gasteiger partial charge in [-0.2, -0.15) is 4.39 Å². The van der Waals surface area contributed by atoms with E-state index in [2.05, 4.69) is 4.98 Å². The summed E-state index contributed by atoms with van der Waals surface area (Å²) in [6, 6.07) is 7.36. The van der Waals surface area contributed by atoms with Gasteiger partial charge in [-0.3, -0.25) is 4.79 Å². The summed E-state index contributed by atoms with van der Waals surface area (Å²) in [7, 11) is 0. The Hall–Kier alpha value is -2.14. The van der Waals surface area contributed by atoms with Gasteiger partial charge in [0, 0.05) is 16.1 Å². The van der Waals surface area contributed by atoms with Crippen molar-refractivity contribution >= 4 is 17.5 Å². The van der Waals surface area contributed by atoms with Crippen LogP contribution in [0.3, 0.4) is 0 Å². The van der Waals surface area contributed by atoms with Crippen LogP contribution in [0.5, 0.6) is 5.75 Å². The summed E-state index contributed by atoms with van der Waals surface area (Å²) < 4.78 is 18.0. The van der Waals surface area contributed by atoms with Gasteiger partial charge in [0.05, 0.1) is 6.20 Å². The Bertz CT molecular complexity index is 602. The zero-order chi connectivity index (χ0) is 13.8. The fraction of sp³-hybridized carbons (Fsp3) is 0.0769. The maximum atomic E-state index is 12.6. The average Bonchev–Trinajstić information content (AvgIpc) is 2.39. The molecule has 0 bridgehead atoms. The minimum absolute atomic E-state index is 0.186. The first kappa shape index (κ1) is 13.3. The van der Waals surface area contributed by atoms with Crippen LogP contribution in [0.15, 0.2) is 36.5 Å². The quantitative estimate of drug-likeness (QED) is 0.875. The number of pyridine rings is 1. The monoisotopic (exact) mass is 280 g/mol. The third-order valence-electron chi connectivity index (χ3n) is 2.43. The number of amides is 1. The molecule has 2 rings (SSSR count). The van der Waals surface area contributed by atoms with Gasteiger partial charge in [0.15, 0.2) is 0 Å². The first-order chi connectivity index (χ1) is 9.06. The molecule has 6 heteroatoms. The largest absolute Gasteiger partial charge is 0.487 e. The molecule has 0 atom stereocenters. The van der Waals surface area contributed by atoms with E-state index in [0.29, 0.717) is 21.9 Å². The zero-order valence-electron chi connectivity index (χ0n) is 9.77. The molecule has 1 aromatic carbocycles. The number of benzene rings is 1. The van der Waals surface area contributed by atoms with E-state index in [0.717, 1.165) is 0 Å². The third kappa shape index (κ3) is 3.42. The van der Waals surface area contributed by atoms with Crippen LogP contribution in [0.25, 0.3) is 0 Å². The summed E-state index contributed by atoms with van der Waals surface area (Å²) in [5.41, 5.74) is 6.16. The molecular formula is C13H10ClFN2O2. The molecule has 1 aromatic heterocycles. The highest BCUT2D eigenvalue weighted by atomic mass is 35.5. The van der Waals surface area contributed by atoms with E-state index in [1.54, 1.807) is 12.1 Å². The topological polar surface area (TPSA) is 65.2 Å². The lowest BCUT2D eigenvalue weighted by molar-refractivity contribution is 0.1000. The Balaban J connectivity index is 2.07. The van der Waals surface area contributed by atoms with Gasteiger partial charge < -0.3 is 10.5 Å². The number of primary amides is 1. The standard InChI is InChI=1S/C13H10ClFN2O2/c14-11-5-8(13(16)18)1-2-9(11)7-19-10-3-4-12(15)17-6-10/h1-6H,7H2,(H2,16,18). The van der Waals surface area contributed by atoms with E-state index in [4.69, 9.17) is 22.1 Å². The number of rotatable bonds is 4. The lowest BCUT2D eigenvalue weighted by Gasteiger charge is -2.08. The first-order valence-electron chi connectivity index (χ1n) is 5.39. The maximum absolute atomic E-state index is 12.6. The molecule has 0 radical (unpaired) electrons. The summed E-state index contributed by atoms with van der Waals surface area (Å²) in [4.78, 5) is 14.4. The van der Waals surface area contributed by atoms with Crippen molar-refractivity contribution in [3.63, 3.8) is 0 Å². The molecule has 98 valence electrons. The Morgan fingerprint density at radius 1 is 1.37 bits per heavy atom. The van der Waals surface area contributed by atoms with Crippen molar-refractivity contribution in [2.75, 3.05) is 0 Å². The number of ether oxygens (including phenoxy) is 1. The minimum atomic E-state index is -0.573. The van der Waals surface area contributed by atoms with Gasteiger partial charge in [0.2, 0.25) is 11.9 Å². The van der Waals surface area contributed by atoms with Crippen LogP contribution in [-0.4, -0.2) is 10.9 Å². The molecule has 0 aliphatic heterocycles. The van der Waals surface area contributed by atoms with Gasteiger partial charge in [0.25, 0.3) is 0 Å². The van der Waals surface area contributed by atoms with Crippen molar-refractivity contribution in [2.24, 2.45) is 5.73 Å².